The second kappa shape index (κ2) is 8.51. The molecule has 80 valence electrons. The minimum Gasteiger partial charge on any atom is -0.383 e. The Hall–Kier alpha value is -1.09. The number of nitrogens with one attached hydrogen (secondary N) is 2. The van der Waals surface area contributed by atoms with Gasteiger partial charge in [0, 0.05) is 12.6 Å². The van der Waals surface area contributed by atoms with Crippen molar-refractivity contribution in [2.45, 2.75) is 26.3 Å². The Morgan fingerprint density at radius 2 is 2.14 bits per heavy atom. The molecule has 0 radical (unpaired) electrons. The van der Waals surface area contributed by atoms with Gasteiger partial charge < -0.3 is 10.6 Å². The molecular formula is C11H20N2O. The summed E-state index contributed by atoms with van der Waals surface area (Å²) in [6, 6.07) is 0.191. The molecule has 0 aromatic carbocycles. The molecule has 0 aromatic rings. The number of likely N-dealkylation sites (N-methyl/N-ethyl adjacent to an activating group) is 2. The third-order valence-electron chi connectivity index (χ3n) is 1.78. The van der Waals surface area contributed by atoms with Crippen LogP contribution in [0.5, 0.6) is 0 Å². The Balaban J connectivity index is 4.31. The van der Waals surface area contributed by atoms with Crippen molar-refractivity contribution in [3.05, 3.63) is 24.4 Å². The molecule has 3 nitrogen and oxygen atoms in total. The highest BCUT2D eigenvalue weighted by Gasteiger charge is 2.02. The maximum Gasteiger partial charge on any atom is 0.165 e. The molecular weight excluding hydrogens is 176 g/mol. The fraction of sp³-hybridized carbons (Fsp3) is 0.545. The molecule has 3 heteroatoms. The smallest absolute Gasteiger partial charge is 0.165 e. The van der Waals surface area contributed by atoms with Gasteiger partial charge in [-0.05, 0) is 26.0 Å². The largest absolute Gasteiger partial charge is 0.383 e. The van der Waals surface area contributed by atoms with Crippen LogP contribution in [0.15, 0.2) is 24.4 Å². The lowest BCUT2D eigenvalue weighted by Gasteiger charge is -2.12. The number of carbonyl (C=O) groups is 1. The Morgan fingerprint density at radius 1 is 1.43 bits per heavy atom. The first-order valence-electron chi connectivity index (χ1n) is 5.03. The van der Waals surface area contributed by atoms with Crippen LogP contribution >= 0.6 is 0 Å². The predicted octanol–water partition coefficient (Wildman–Crippen LogP) is 1.23. The number of carbonyl (C=O) groups excluding carboxylic acids is 1. The molecule has 0 rings (SSSR count). The number of allylic oxidation sites excluding steroid dienone is 1. The highest BCUT2D eigenvalue weighted by atomic mass is 16.1. The van der Waals surface area contributed by atoms with Crippen molar-refractivity contribution in [3.8, 4) is 0 Å². The van der Waals surface area contributed by atoms with Gasteiger partial charge >= 0.3 is 0 Å². The van der Waals surface area contributed by atoms with Gasteiger partial charge in [0.1, 0.15) is 0 Å². The maximum absolute atomic E-state index is 10.7. The van der Waals surface area contributed by atoms with Gasteiger partial charge in [-0.15, -0.1) is 6.58 Å². The first-order chi connectivity index (χ1) is 6.78. The summed E-state index contributed by atoms with van der Waals surface area (Å²) in [4.78, 5) is 10.7. The third kappa shape index (κ3) is 5.54. The molecule has 14 heavy (non-hydrogen) atoms. The molecule has 0 saturated carbocycles. The monoisotopic (exact) mass is 196 g/mol. The molecule has 1 unspecified atom stereocenters. The van der Waals surface area contributed by atoms with Gasteiger partial charge in [-0.25, -0.2) is 0 Å². The molecule has 0 amide bonds. The van der Waals surface area contributed by atoms with Crippen molar-refractivity contribution >= 4 is 6.29 Å². The zero-order valence-corrected chi connectivity index (χ0v) is 9.05. The van der Waals surface area contributed by atoms with Crippen LogP contribution in [0.2, 0.25) is 0 Å². The van der Waals surface area contributed by atoms with Crippen molar-refractivity contribution in [2.24, 2.45) is 0 Å². The van der Waals surface area contributed by atoms with E-state index >= 15 is 0 Å². The Kier molecular flexibility index (Phi) is 7.84. The van der Waals surface area contributed by atoms with Gasteiger partial charge in [0.25, 0.3) is 0 Å². The van der Waals surface area contributed by atoms with E-state index in [4.69, 9.17) is 0 Å². The van der Waals surface area contributed by atoms with Crippen LogP contribution in [-0.4, -0.2) is 25.4 Å². The van der Waals surface area contributed by atoms with Gasteiger partial charge in [0.2, 0.25) is 0 Å². The molecule has 0 aliphatic heterocycles. The summed E-state index contributed by atoms with van der Waals surface area (Å²) in [5.74, 6) is 0. The zero-order valence-electron chi connectivity index (χ0n) is 9.05. The minimum absolute atomic E-state index is 0.191. The summed E-state index contributed by atoms with van der Waals surface area (Å²) >= 11 is 0. The van der Waals surface area contributed by atoms with Gasteiger partial charge in [-0.3, -0.25) is 4.79 Å². The van der Waals surface area contributed by atoms with Gasteiger partial charge in [-0.2, -0.15) is 0 Å². The van der Waals surface area contributed by atoms with E-state index < -0.39 is 0 Å². The topological polar surface area (TPSA) is 41.1 Å². The summed E-state index contributed by atoms with van der Waals surface area (Å²) < 4.78 is 0. The van der Waals surface area contributed by atoms with Crippen molar-refractivity contribution < 1.29 is 4.79 Å². The molecule has 0 spiro atoms. The number of aldehydes is 1. The second-order valence-corrected chi connectivity index (χ2v) is 2.96. The SMILES string of the molecule is C=CCC(C=C(C=O)NCC)NCC. The zero-order chi connectivity index (χ0) is 10.8. The molecule has 0 bridgehead atoms. The summed E-state index contributed by atoms with van der Waals surface area (Å²) in [6.45, 7) is 9.33. The molecule has 2 N–H and O–H groups in total. The van der Waals surface area contributed by atoms with E-state index in [9.17, 15) is 4.79 Å². The number of hydrogen-bond acceptors (Lipinski definition) is 3. The average Bonchev–Trinajstić information content (AvgIpc) is 2.18. The van der Waals surface area contributed by atoms with Crippen LogP contribution in [0.4, 0.5) is 0 Å². The van der Waals surface area contributed by atoms with Crippen molar-refractivity contribution in [2.75, 3.05) is 13.1 Å². The summed E-state index contributed by atoms with van der Waals surface area (Å²) in [5, 5.41) is 6.26. The van der Waals surface area contributed by atoms with E-state index in [1.54, 1.807) is 0 Å². The van der Waals surface area contributed by atoms with E-state index in [-0.39, 0.29) is 6.04 Å². The Bertz CT molecular complexity index is 199. The van der Waals surface area contributed by atoms with Crippen molar-refractivity contribution in [1.82, 2.24) is 10.6 Å². The first-order valence-corrected chi connectivity index (χ1v) is 5.03. The molecule has 0 saturated heterocycles. The standard InChI is InChI=1S/C11H20N2O/c1-4-7-10(12-5-2)8-11(9-14)13-6-3/h4,8-10,12-13H,1,5-7H2,2-3H3. The average molecular weight is 196 g/mol. The lowest BCUT2D eigenvalue weighted by atomic mass is 10.1. The highest BCUT2D eigenvalue weighted by molar-refractivity contribution is 5.72. The van der Waals surface area contributed by atoms with Crippen LogP contribution in [0.3, 0.4) is 0 Å². The lowest BCUT2D eigenvalue weighted by molar-refractivity contribution is -0.105. The quantitative estimate of drug-likeness (QED) is 0.348. The molecule has 0 fully saturated rings. The summed E-state index contributed by atoms with van der Waals surface area (Å²) in [5.41, 5.74) is 0.639. The number of hydrogen-bond donors (Lipinski definition) is 2. The highest BCUT2D eigenvalue weighted by Crippen LogP contribution is 1.97. The molecule has 0 aliphatic rings. The maximum atomic E-state index is 10.7. The third-order valence-corrected chi connectivity index (χ3v) is 1.78. The molecule has 0 aromatic heterocycles. The second-order valence-electron chi connectivity index (χ2n) is 2.96. The Labute approximate surface area is 86.3 Å². The van der Waals surface area contributed by atoms with Gasteiger partial charge in [0.15, 0.2) is 6.29 Å². The fourth-order valence-corrected chi connectivity index (χ4v) is 1.21. The minimum atomic E-state index is 0.191. The van der Waals surface area contributed by atoms with E-state index in [1.807, 2.05) is 26.0 Å². The van der Waals surface area contributed by atoms with Crippen LogP contribution in [0.25, 0.3) is 0 Å². The summed E-state index contributed by atoms with van der Waals surface area (Å²) in [6.07, 6.45) is 5.42. The van der Waals surface area contributed by atoms with Crippen LogP contribution < -0.4 is 10.6 Å². The lowest BCUT2D eigenvalue weighted by Crippen LogP contribution is -2.28. The molecule has 1 atom stereocenters. The van der Waals surface area contributed by atoms with Crippen molar-refractivity contribution in [3.63, 3.8) is 0 Å². The van der Waals surface area contributed by atoms with E-state index in [2.05, 4.69) is 17.2 Å². The van der Waals surface area contributed by atoms with Crippen LogP contribution in [0, 0.1) is 0 Å². The number of rotatable bonds is 8. The molecule has 0 heterocycles. The van der Waals surface area contributed by atoms with Crippen LogP contribution in [-0.2, 0) is 4.79 Å². The van der Waals surface area contributed by atoms with E-state index in [0.717, 1.165) is 25.8 Å². The van der Waals surface area contributed by atoms with E-state index in [1.165, 1.54) is 0 Å². The Morgan fingerprint density at radius 3 is 2.57 bits per heavy atom. The normalized spacial score (nSPS) is 13.4. The molecule has 0 aliphatic carbocycles. The fourth-order valence-electron chi connectivity index (χ4n) is 1.21. The van der Waals surface area contributed by atoms with Gasteiger partial charge in [0.05, 0.1) is 5.70 Å². The van der Waals surface area contributed by atoms with E-state index in [0.29, 0.717) is 5.70 Å². The summed E-state index contributed by atoms with van der Waals surface area (Å²) in [7, 11) is 0. The first kappa shape index (κ1) is 12.9. The van der Waals surface area contributed by atoms with Crippen LogP contribution in [0.1, 0.15) is 20.3 Å². The van der Waals surface area contributed by atoms with Crippen molar-refractivity contribution in [1.29, 1.82) is 0 Å². The predicted molar refractivity (Wildman–Crippen MR) is 60.1 cm³/mol. The van der Waals surface area contributed by atoms with Gasteiger partial charge in [-0.1, -0.05) is 13.0 Å².